The molecule has 0 radical (unpaired) electrons. The monoisotopic (exact) mass is 141 g/mol. The van der Waals surface area contributed by atoms with Gasteiger partial charge in [0.25, 0.3) is 0 Å². The van der Waals surface area contributed by atoms with E-state index in [1.54, 1.807) is 6.07 Å². The van der Waals surface area contributed by atoms with Crippen molar-refractivity contribution in [2.45, 2.75) is 13.0 Å². The van der Waals surface area contributed by atoms with E-state index < -0.39 is 0 Å². The highest BCUT2D eigenvalue weighted by Crippen LogP contribution is 2.07. The molecular weight excluding hydrogens is 130 g/mol. The Morgan fingerprint density at radius 3 is 2.60 bits per heavy atom. The fourth-order valence-electron chi connectivity index (χ4n) is 0.784. The van der Waals surface area contributed by atoms with Crippen LogP contribution in [-0.4, -0.2) is 11.7 Å². The fourth-order valence-corrected chi connectivity index (χ4v) is 0.784. The summed E-state index contributed by atoms with van der Waals surface area (Å²) in [5.41, 5.74) is 5.29. The van der Waals surface area contributed by atoms with Gasteiger partial charge in [0.1, 0.15) is 18.1 Å². The van der Waals surface area contributed by atoms with Crippen LogP contribution in [-0.2, 0) is 13.0 Å². The molecule has 1 heterocycles. The normalized spacial score (nSPS) is 10.2. The van der Waals surface area contributed by atoms with Gasteiger partial charge in [-0.15, -0.1) is 0 Å². The molecule has 56 valence electrons. The van der Waals surface area contributed by atoms with Crippen LogP contribution in [0.1, 0.15) is 11.5 Å². The Labute approximate surface area is 59.5 Å². The van der Waals surface area contributed by atoms with E-state index in [1.165, 1.54) is 0 Å². The second kappa shape index (κ2) is 3.39. The molecule has 0 saturated heterocycles. The van der Waals surface area contributed by atoms with E-state index in [1.807, 2.05) is 6.07 Å². The van der Waals surface area contributed by atoms with Crippen LogP contribution in [0.15, 0.2) is 16.5 Å². The number of hydrogen-bond donors (Lipinski definition) is 2. The van der Waals surface area contributed by atoms with E-state index in [0.29, 0.717) is 12.3 Å². The van der Waals surface area contributed by atoms with Gasteiger partial charge >= 0.3 is 0 Å². The second-order valence-electron chi connectivity index (χ2n) is 2.06. The van der Waals surface area contributed by atoms with Crippen LogP contribution in [0.25, 0.3) is 0 Å². The summed E-state index contributed by atoms with van der Waals surface area (Å²) in [4.78, 5) is 0. The minimum atomic E-state index is -0.0371. The molecule has 3 N–H and O–H groups in total. The molecule has 0 fully saturated rings. The maximum atomic E-state index is 8.59. The van der Waals surface area contributed by atoms with Crippen molar-refractivity contribution in [1.82, 2.24) is 0 Å². The van der Waals surface area contributed by atoms with Crippen molar-refractivity contribution in [2.24, 2.45) is 5.73 Å². The maximum absolute atomic E-state index is 8.59. The molecule has 10 heavy (non-hydrogen) atoms. The van der Waals surface area contributed by atoms with Crippen molar-refractivity contribution in [3.63, 3.8) is 0 Å². The Kier molecular flexibility index (Phi) is 2.48. The zero-order chi connectivity index (χ0) is 7.40. The van der Waals surface area contributed by atoms with Crippen LogP contribution in [0.4, 0.5) is 0 Å². The Balaban J connectivity index is 2.59. The molecule has 1 rings (SSSR count). The van der Waals surface area contributed by atoms with Crippen LogP contribution in [0, 0.1) is 0 Å². The average molecular weight is 141 g/mol. The van der Waals surface area contributed by atoms with Crippen molar-refractivity contribution in [2.75, 3.05) is 6.54 Å². The van der Waals surface area contributed by atoms with Crippen LogP contribution in [0.2, 0.25) is 0 Å². The van der Waals surface area contributed by atoms with Gasteiger partial charge in [0, 0.05) is 6.42 Å². The lowest BCUT2D eigenvalue weighted by Gasteiger charge is -1.89. The summed E-state index contributed by atoms with van der Waals surface area (Å²) in [5, 5.41) is 8.59. The van der Waals surface area contributed by atoms with Crippen molar-refractivity contribution in [1.29, 1.82) is 0 Å². The predicted molar refractivity (Wildman–Crippen MR) is 37.4 cm³/mol. The van der Waals surface area contributed by atoms with Crippen molar-refractivity contribution in [3.05, 3.63) is 23.7 Å². The smallest absolute Gasteiger partial charge is 0.129 e. The first-order valence-electron chi connectivity index (χ1n) is 3.25. The van der Waals surface area contributed by atoms with E-state index in [4.69, 9.17) is 15.3 Å². The number of aliphatic hydroxyl groups is 1. The topological polar surface area (TPSA) is 59.4 Å². The summed E-state index contributed by atoms with van der Waals surface area (Å²) in [6.07, 6.45) is 0.736. The van der Waals surface area contributed by atoms with Gasteiger partial charge in [-0.3, -0.25) is 0 Å². The number of hydrogen-bond acceptors (Lipinski definition) is 3. The number of aliphatic hydroxyl groups excluding tert-OH is 1. The van der Waals surface area contributed by atoms with Gasteiger partial charge in [0.2, 0.25) is 0 Å². The molecule has 0 bridgehead atoms. The molecule has 0 unspecified atom stereocenters. The van der Waals surface area contributed by atoms with Crippen LogP contribution >= 0.6 is 0 Å². The molecule has 0 aliphatic carbocycles. The summed E-state index contributed by atoms with van der Waals surface area (Å²) in [6.45, 7) is 0.545. The Morgan fingerprint density at radius 2 is 2.10 bits per heavy atom. The molecule has 0 aliphatic heterocycles. The van der Waals surface area contributed by atoms with Gasteiger partial charge in [-0.25, -0.2) is 0 Å². The molecule has 1 aromatic heterocycles. The van der Waals surface area contributed by atoms with E-state index in [0.717, 1.165) is 12.2 Å². The zero-order valence-corrected chi connectivity index (χ0v) is 5.71. The van der Waals surface area contributed by atoms with Gasteiger partial charge in [0.05, 0.1) is 0 Å². The zero-order valence-electron chi connectivity index (χ0n) is 5.71. The lowest BCUT2D eigenvalue weighted by atomic mass is 10.3. The highest BCUT2D eigenvalue weighted by atomic mass is 16.4. The fraction of sp³-hybridized carbons (Fsp3) is 0.429. The molecule has 1 aromatic rings. The summed E-state index contributed by atoms with van der Waals surface area (Å²) in [7, 11) is 0. The van der Waals surface area contributed by atoms with E-state index in [2.05, 4.69) is 0 Å². The van der Waals surface area contributed by atoms with Gasteiger partial charge in [-0.1, -0.05) is 0 Å². The van der Waals surface area contributed by atoms with E-state index >= 15 is 0 Å². The second-order valence-corrected chi connectivity index (χ2v) is 2.06. The van der Waals surface area contributed by atoms with Crippen molar-refractivity contribution in [3.8, 4) is 0 Å². The third-order valence-electron chi connectivity index (χ3n) is 1.26. The Morgan fingerprint density at radius 1 is 1.40 bits per heavy atom. The molecule has 3 heteroatoms. The number of nitrogens with two attached hydrogens (primary N) is 1. The van der Waals surface area contributed by atoms with Crippen LogP contribution < -0.4 is 5.73 Å². The molecule has 0 spiro atoms. The van der Waals surface area contributed by atoms with E-state index in [-0.39, 0.29) is 6.61 Å². The summed E-state index contributed by atoms with van der Waals surface area (Å²) in [5.74, 6) is 1.44. The quantitative estimate of drug-likeness (QED) is 0.635. The highest BCUT2D eigenvalue weighted by Gasteiger charge is 1.97. The lowest BCUT2D eigenvalue weighted by molar-refractivity contribution is 0.243. The maximum Gasteiger partial charge on any atom is 0.129 e. The molecule has 0 aliphatic rings. The predicted octanol–water partition coefficient (Wildman–Crippen LogP) is 0.273. The minimum absolute atomic E-state index is 0.0371. The molecule has 0 atom stereocenters. The first-order chi connectivity index (χ1) is 4.86. The van der Waals surface area contributed by atoms with E-state index in [9.17, 15) is 0 Å². The highest BCUT2D eigenvalue weighted by molar-refractivity contribution is 5.06. The minimum Gasteiger partial charge on any atom is -0.464 e. The standard InChI is InChI=1S/C7H11NO2/c8-4-3-6-1-2-7(5-9)10-6/h1-2,9H,3-5,8H2. The summed E-state index contributed by atoms with van der Waals surface area (Å²) in [6, 6.07) is 3.59. The molecule has 0 saturated carbocycles. The third-order valence-corrected chi connectivity index (χ3v) is 1.26. The SMILES string of the molecule is NCCc1ccc(CO)o1. The Hall–Kier alpha value is -0.800. The van der Waals surface area contributed by atoms with Gasteiger partial charge in [-0.2, -0.15) is 0 Å². The molecule has 0 amide bonds. The average Bonchev–Trinajstić information content (AvgIpc) is 2.37. The van der Waals surface area contributed by atoms with Gasteiger partial charge in [-0.05, 0) is 18.7 Å². The summed E-state index contributed by atoms with van der Waals surface area (Å²) >= 11 is 0. The van der Waals surface area contributed by atoms with Crippen molar-refractivity contribution < 1.29 is 9.52 Å². The van der Waals surface area contributed by atoms with Crippen molar-refractivity contribution >= 4 is 0 Å². The number of furan rings is 1. The Bertz CT molecular complexity index is 195. The van der Waals surface area contributed by atoms with Gasteiger partial charge < -0.3 is 15.3 Å². The van der Waals surface area contributed by atoms with Crippen LogP contribution in [0.3, 0.4) is 0 Å². The first kappa shape index (κ1) is 7.31. The lowest BCUT2D eigenvalue weighted by Crippen LogP contribution is -2.01. The third kappa shape index (κ3) is 1.59. The molecule has 0 aromatic carbocycles. The number of rotatable bonds is 3. The summed E-state index contributed by atoms with van der Waals surface area (Å²) < 4.78 is 5.14. The van der Waals surface area contributed by atoms with Crippen LogP contribution in [0.5, 0.6) is 0 Å². The first-order valence-corrected chi connectivity index (χ1v) is 3.25. The van der Waals surface area contributed by atoms with Gasteiger partial charge in [0.15, 0.2) is 0 Å². The largest absolute Gasteiger partial charge is 0.464 e. The molecule has 3 nitrogen and oxygen atoms in total. The molecular formula is C7H11NO2.